The normalized spacial score (nSPS) is 10.3. The summed E-state index contributed by atoms with van der Waals surface area (Å²) in [4.78, 5) is 25.5. The van der Waals surface area contributed by atoms with Crippen molar-refractivity contribution >= 4 is 23.3 Å². The van der Waals surface area contributed by atoms with Gasteiger partial charge in [-0.05, 0) is 18.9 Å². The average molecular weight is 229 g/mol. The standard InChI is InChI=1S/C10H13ClN2O2/c1-3-6-8(10(12)15)5(2)13-9(6)7(14)4-11/h13H,3-4H2,1-2H3,(H2,12,15). The lowest BCUT2D eigenvalue weighted by Crippen LogP contribution is -2.14. The number of rotatable bonds is 4. The van der Waals surface area contributed by atoms with Gasteiger partial charge in [-0.2, -0.15) is 0 Å². The molecule has 0 spiro atoms. The van der Waals surface area contributed by atoms with Crippen molar-refractivity contribution in [2.45, 2.75) is 20.3 Å². The van der Waals surface area contributed by atoms with E-state index in [-0.39, 0.29) is 11.7 Å². The van der Waals surface area contributed by atoms with Gasteiger partial charge in [0, 0.05) is 5.69 Å². The van der Waals surface area contributed by atoms with E-state index >= 15 is 0 Å². The second-order valence-corrected chi connectivity index (χ2v) is 3.52. The lowest BCUT2D eigenvalue weighted by atomic mass is 10.0. The Hall–Kier alpha value is -1.29. The SMILES string of the molecule is CCc1c(C(=O)CCl)[nH]c(C)c1C(N)=O. The van der Waals surface area contributed by atoms with Crippen LogP contribution in [-0.4, -0.2) is 22.6 Å². The summed E-state index contributed by atoms with van der Waals surface area (Å²) < 4.78 is 0. The van der Waals surface area contributed by atoms with Gasteiger partial charge < -0.3 is 10.7 Å². The Kier molecular flexibility index (Phi) is 3.52. The van der Waals surface area contributed by atoms with Gasteiger partial charge in [-0.25, -0.2) is 0 Å². The van der Waals surface area contributed by atoms with Crippen LogP contribution in [0, 0.1) is 6.92 Å². The molecule has 15 heavy (non-hydrogen) atoms. The van der Waals surface area contributed by atoms with Crippen LogP contribution in [0.3, 0.4) is 0 Å². The Balaban J connectivity index is 3.37. The first-order valence-electron chi connectivity index (χ1n) is 4.63. The zero-order chi connectivity index (χ0) is 11.6. The van der Waals surface area contributed by atoms with Crippen molar-refractivity contribution in [3.05, 3.63) is 22.5 Å². The highest BCUT2D eigenvalue weighted by atomic mass is 35.5. The number of alkyl halides is 1. The van der Waals surface area contributed by atoms with Crippen molar-refractivity contribution in [2.24, 2.45) is 5.73 Å². The molecule has 5 heteroatoms. The van der Waals surface area contributed by atoms with Gasteiger partial charge in [0.1, 0.15) is 0 Å². The van der Waals surface area contributed by atoms with Gasteiger partial charge in [0.15, 0.2) is 5.78 Å². The second-order valence-electron chi connectivity index (χ2n) is 3.25. The first kappa shape index (κ1) is 11.8. The maximum absolute atomic E-state index is 11.5. The zero-order valence-electron chi connectivity index (χ0n) is 8.69. The number of aromatic amines is 1. The molecule has 0 aliphatic carbocycles. The summed E-state index contributed by atoms with van der Waals surface area (Å²) in [6.45, 7) is 3.57. The number of ketones is 1. The van der Waals surface area contributed by atoms with Crippen molar-refractivity contribution in [3.63, 3.8) is 0 Å². The Morgan fingerprint density at radius 1 is 1.47 bits per heavy atom. The topological polar surface area (TPSA) is 75.9 Å². The monoisotopic (exact) mass is 228 g/mol. The van der Waals surface area contributed by atoms with Crippen LogP contribution in [0.25, 0.3) is 0 Å². The van der Waals surface area contributed by atoms with E-state index in [1.54, 1.807) is 6.92 Å². The molecule has 0 radical (unpaired) electrons. The van der Waals surface area contributed by atoms with E-state index in [0.717, 1.165) is 0 Å². The maximum Gasteiger partial charge on any atom is 0.250 e. The number of H-pyrrole nitrogens is 1. The van der Waals surface area contributed by atoms with E-state index in [0.29, 0.717) is 28.9 Å². The minimum atomic E-state index is -0.519. The molecule has 0 saturated carbocycles. The largest absolute Gasteiger partial charge is 0.366 e. The van der Waals surface area contributed by atoms with E-state index in [1.807, 2.05) is 6.92 Å². The molecule has 0 unspecified atom stereocenters. The van der Waals surface area contributed by atoms with Crippen LogP contribution < -0.4 is 5.73 Å². The summed E-state index contributed by atoms with van der Waals surface area (Å²) in [5.74, 6) is -0.844. The fourth-order valence-corrected chi connectivity index (χ4v) is 1.80. The van der Waals surface area contributed by atoms with Crippen LogP contribution >= 0.6 is 11.6 Å². The number of primary amides is 1. The first-order chi connectivity index (χ1) is 7.02. The third kappa shape index (κ3) is 2.04. The van der Waals surface area contributed by atoms with Gasteiger partial charge in [-0.1, -0.05) is 6.92 Å². The molecule has 82 valence electrons. The summed E-state index contributed by atoms with van der Waals surface area (Å²) in [7, 11) is 0. The van der Waals surface area contributed by atoms with Gasteiger partial charge in [-0.3, -0.25) is 9.59 Å². The minimum Gasteiger partial charge on any atom is -0.366 e. The number of hydrogen-bond acceptors (Lipinski definition) is 2. The number of halogens is 1. The number of hydrogen-bond donors (Lipinski definition) is 2. The first-order valence-corrected chi connectivity index (χ1v) is 5.16. The molecule has 0 fully saturated rings. The number of carbonyl (C=O) groups excluding carboxylic acids is 2. The smallest absolute Gasteiger partial charge is 0.250 e. The van der Waals surface area contributed by atoms with Gasteiger partial charge >= 0.3 is 0 Å². The van der Waals surface area contributed by atoms with Crippen LogP contribution in [0.4, 0.5) is 0 Å². The van der Waals surface area contributed by atoms with E-state index in [1.165, 1.54) is 0 Å². The molecule has 4 nitrogen and oxygen atoms in total. The molecule has 1 rings (SSSR count). The highest BCUT2D eigenvalue weighted by Crippen LogP contribution is 2.19. The molecular formula is C10H13ClN2O2. The molecule has 1 aromatic rings. The van der Waals surface area contributed by atoms with Crippen molar-refractivity contribution < 1.29 is 9.59 Å². The molecule has 0 saturated heterocycles. The van der Waals surface area contributed by atoms with Gasteiger partial charge in [0.25, 0.3) is 5.91 Å². The van der Waals surface area contributed by atoms with Crippen LogP contribution in [0.1, 0.15) is 39.0 Å². The highest BCUT2D eigenvalue weighted by molar-refractivity contribution is 6.30. The number of carbonyl (C=O) groups is 2. The number of Topliss-reactive ketones (excluding diaryl/α,β-unsaturated/α-hetero) is 1. The zero-order valence-corrected chi connectivity index (χ0v) is 9.44. The van der Waals surface area contributed by atoms with E-state index in [9.17, 15) is 9.59 Å². The number of aromatic nitrogens is 1. The predicted molar refractivity (Wildman–Crippen MR) is 58.5 cm³/mol. The maximum atomic E-state index is 11.5. The number of amides is 1. The van der Waals surface area contributed by atoms with E-state index < -0.39 is 5.91 Å². The third-order valence-corrected chi connectivity index (χ3v) is 2.53. The number of nitrogens with one attached hydrogen (secondary N) is 1. The molecular weight excluding hydrogens is 216 g/mol. The Morgan fingerprint density at radius 2 is 2.07 bits per heavy atom. The Labute approximate surface area is 92.8 Å². The molecule has 0 aromatic carbocycles. The van der Waals surface area contributed by atoms with Gasteiger partial charge in [0.2, 0.25) is 0 Å². The van der Waals surface area contributed by atoms with Gasteiger partial charge in [0.05, 0.1) is 17.1 Å². The predicted octanol–water partition coefficient (Wildman–Crippen LogP) is 1.41. The Morgan fingerprint density at radius 3 is 2.47 bits per heavy atom. The van der Waals surface area contributed by atoms with Crippen LogP contribution in [0.2, 0.25) is 0 Å². The average Bonchev–Trinajstić information content (AvgIpc) is 2.53. The van der Waals surface area contributed by atoms with E-state index in [2.05, 4.69) is 4.98 Å². The summed E-state index contributed by atoms with van der Waals surface area (Å²) in [6, 6.07) is 0. The molecule has 0 aliphatic rings. The molecule has 3 N–H and O–H groups in total. The summed E-state index contributed by atoms with van der Waals surface area (Å²) in [5, 5.41) is 0. The van der Waals surface area contributed by atoms with Crippen molar-refractivity contribution in [1.29, 1.82) is 0 Å². The van der Waals surface area contributed by atoms with Crippen LogP contribution in [0.15, 0.2) is 0 Å². The van der Waals surface area contributed by atoms with Crippen molar-refractivity contribution in [1.82, 2.24) is 4.98 Å². The fraction of sp³-hybridized carbons (Fsp3) is 0.400. The summed E-state index contributed by atoms with van der Waals surface area (Å²) >= 11 is 5.47. The molecule has 0 bridgehead atoms. The molecule has 1 aromatic heterocycles. The fourth-order valence-electron chi connectivity index (χ4n) is 1.67. The lowest BCUT2D eigenvalue weighted by Gasteiger charge is -2.00. The molecule has 0 atom stereocenters. The third-order valence-electron chi connectivity index (χ3n) is 2.29. The Bertz CT molecular complexity index is 410. The van der Waals surface area contributed by atoms with Crippen LogP contribution in [-0.2, 0) is 6.42 Å². The molecule has 1 amide bonds. The van der Waals surface area contributed by atoms with Gasteiger partial charge in [-0.15, -0.1) is 11.6 Å². The summed E-state index contributed by atoms with van der Waals surface area (Å²) in [6.07, 6.45) is 0.570. The lowest BCUT2D eigenvalue weighted by molar-refractivity contribution is 0.0998. The quantitative estimate of drug-likeness (QED) is 0.604. The minimum absolute atomic E-state index is 0.106. The highest BCUT2D eigenvalue weighted by Gasteiger charge is 2.21. The number of aryl methyl sites for hydroxylation is 1. The summed E-state index contributed by atoms with van der Waals surface area (Å²) in [5.41, 5.74) is 7.33. The van der Waals surface area contributed by atoms with Crippen molar-refractivity contribution in [2.75, 3.05) is 5.88 Å². The second kappa shape index (κ2) is 4.49. The van der Waals surface area contributed by atoms with E-state index in [4.69, 9.17) is 17.3 Å². The molecule has 0 aliphatic heterocycles. The van der Waals surface area contributed by atoms with Crippen molar-refractivity contribution in [3.8, 4) is 0 Å². The molecule has 1 heterocycles. The van der Waals surface area contributed by atoms with Crippen LogP contribution in [0.5, 0.6) is 0 Å². The number of nitrogens with two attached hydrogens (primary N) is 1.